The Balaban J connectivity index is 2.69. The molecule has 1 heterocycles. The first-order valence-electron chi connectivity index (χ1n) is 5.57. The summed E-state index contributed by atoms with van der Waals surface area (Å²) in [4.78, 5) is 25.6. The van der Waals surface area contributed by atoms with Crippen LogP contribution in [0.5, 0.6) is 0 Å². The lowest BCUT2D eigenvalue weighted by molar-refractivity contribution is -0.384. The number of nitrogens with one attached hydrogen (secondary N) is 2. The summed E-state index contributed by atoms with van der Waals surface area (Å²) in [6.45, 7) is 5.38. The number of hydrogen-bond donors (Lipinski definition) is 2. The molecular formula is C11H16N4O3. The van der Waals surface area contributed by atoms with E-state index in [2.05, 4.69) is 15.6 Å². The van der Waals surface area contributed by atoms with Crippen LogP contribution in [0.3, 0.4) is 0 Å². The highest BCUT2D eigenvalue weighted by molar-refractivity contribution is 5.84. The summed E-state index contributed by atoms with van der Waals surface area (Å²) in [5.41, 5.74) is -0.0658. The molecule has 1 unspecified atom stereocenters. The Hall–Kier alpha value is -2.18. The van der Waals surface area contributed by atoms with E-state index in [1.54, 1.807) is 6.92 Å². The topological polar surface area (TPSA) is 97.2 Å². The Kier molecular flexibility index (Phi) is 4.59. The third-order valence-electron chi connectivity index (χ3n) is 2.14. The summed E-state index contributed by atoms with van der Waals surface area (Å²) in [7, 11) is 0. The van der Waals surface area contributed by atoms with Crippen LogP contribution >= 0.6 is 0 Å². The molecule has 0 aromatic carbocycles. The standard InChI is InChI=1S/C11H16N4O3/c1-7(2)13-11(16)8(3)14-10-6-9(15(17)18)4-5-12-10/h4-8H,1-3H3,(H,12,14)(H,13,16). The van der Waals surface area contributed by atoms with Crippen LogP contribution in [0.2, 0.25) is 0 Å². The van der Waals surface area contributed by atoms with Gasteiger partial charge in [0.15, 0.2) is 0 Å². The summed E-state index contributed by atoms with van der Waals surface area (Å²) < 4.78 is 0. The first-order chi connectivity index (χ1) is 8.40. The lowest BCUT2D eigenvalue weighted by Gasteiger charge is -2.16. The van der Waals surface area contributed by atoms with E-state index in [0.29, 0.717) is 5.82 Å². The van der Waals surface area contributed by atoms with E-state index in [-0.39, 0.29) is 17.6 Å². The van der Waals surface area contributed by atoms with E-state index in [0.717, 1.165) is 0 Å². The molecule has 18 heavy (non-hydrogen) atoms. The van der Waals surface area contributed by atoms with Crippen molar-refractivity contribution >= 4 is 17.4 Å². The number of carbonyl (C=O) groups excluding carboxylic acids is 1. The van der Waals surface area contributed by atoms with Gasteiger partial charge < -0.3 is 10.6 Å². The fourth-order valence-corrected chi connectivity index (χ4v) is 1.31. The molecule has 1 rings (SSSR count). The number of nitrogens with zero attached hydrogens (tertiary/aromatic N) is 2. The zero-order valence-corrected chi connectivity index (χ0v) is 10.5. The van der Waals surface area contributed by atoms with Crippen LogP contribution in [0, 0.1) is 10.1 Å². The van der Waals surface area contributed by atoms with Crippen molar-refractivity contribution in [2.75, 3.05) is 5.32 Å². The molecule has 7 heteroatoms. The third kappa shape index (κ3) is 4.00. The molecule has 0 aliphatic heterocycles. The molecule has 1 amide bonds. The normalized spacial score (nSPS) is 12.0. The minimum Gasteiger partial charge on any atom is -0.358 e. The Labute approximate surface area is 105 Å². The number of hydrogen-bond acceptors (Lipinski definition) is 5. The predicted molar refractivity (Wildman–Crippen MR) is 67.3 cm³/mol. The number of rotatable bonds is 5. The van der Waals surface area contributed by atoms with Crippen LogP contribution in [-0.4, -0.2) is 27.9 Å². The first kappa shape index (κ1) is 13.9. The molecule has 0 aliphatic carbocycles. The van der Waals surface area contributed by atoms with Crippen molar-refractivity contribution in [1.82, 2.24) is 10.3 Å². The molecule has 98 valence electrons. The Morgan fingerprint density at radius 2 is 2.11 bits per heavy atom. The highest BCUT2D eigenvalue weighted by atomic mass is 16.6. The van der Waals surface area contributed by atoms with E-state index in [4.69, 9.17) is 0 Å². The van der Waals surface area contributed by atoms with Crippen molar-refractivity contribution in [1.29, 1.82) is 0 Å². The smallest absolute Gasteiger partial charge is 0.274 e. The minimum absolute atomic E-state index is 0.0415. The quantitative estimate of drug-likeness (QED) is 0.608. The number of carbonyl (C=O) groups is 1. The summed E-state index contributed by atoms with van der Waals surface area (Å²) in [5, 5.41) is 16.1. The van der Waals surface area contributed by atoms with Crippen molar-refractivity contribution < 1.29 is 9.72 Å². The molecule has 0 saturated carbocycles. The fraction of sp³-hybridized carbons (Fsp3) is 0.455. The van der Waals surface area contributed by atoms with Gasteiger partial charge in [0.1, 0.15) is 11.9 Å². The van der Waals surface area contributed by atoms with Gasteiger partial charge in [-0.15, -0.1) is 0 Å². The third-order valence-corrected chi connectivity index (χ3v) is 2.14. The number of anilines is 1. The van der Waals surface area contributed by atoms with Gasteiger partial charge in [0.25, 0.3) is 5.69 Å². The van der Waals surface area contributed by atoms with Crippen molar-refractivity contribution in [3.8, 4) is 0 Å². The largest absolute Gasteiger partial charge is 0.358 e. The number of amides is 1. The fourth-order valence-electron chi connectivity index (χ4n) is 1.31. The average molecular weight is 252 g/mol. The molecule has 1 atom stereocenters. The van der Waals surface area contributed by atoms with Gasteiger partial charge in [-0.2, -0.15) is 0 Å². The van der Waals surface area contributed by atoms with Crippen molar-refractivity contribution in [2.45, 2.75) is 32.9 Å². The second kappa shape index (κ2) is 5.95. The zero-order valence-electron chi connectivity index (χ0n) is 10.5. The summed E-state index contributed by atoms with van der Waals surface area (Å²) in [6, 6.07) is 2.12. The van der Waals surface area contributed by atoms with Gasteiger partial charge in [-0.3, -0.25) is 14.9 Å². The molecule has 1 aromatic heterocycles. The second-order valence-electron chi connectivity index (χ2n) is 4.19. The van der Waals surface area contributed by atoms with E-state index < -0.39 is 11.0 Å². The van der Waals surface area contributed by atoms with Gasteiger partial charge in [0.05, 0.1) is 11.0 Å². The summed E-state index contributed by atoms with van der Waals surface area (Å²) in [5.74, 6) is 0.119. The van der Waals surface area contributed by atoms with Gasteiger partial charge in [-0.25, -0.2) is 4.98 Å². The second-order valence-corrected chi connectivity index (χ2v) is 4.19. The molecule has 0 aliphatic rings. The SMILES string of the molecule is CC(C)NC(=O)C(C)Nc1cc([N+](=O)[O-])ccn1. The molecule has 0 bridgehead atoms. The molecule has 0 saturated heterocycles. The summed E-state index contributed by atoms with van der Waals surface area (Å²) in [6.07, 6.45) is 1.33. The predicted octanol–water partition coefficient (Wildman–Crippen LogP) is 1.31. The van der Waals surface area contributed by atoms with E-state index in [9.17, 15) is 14.9 Å². The molecule has 0 fully saturated rings. The maximum Gasteiger partial charge on any atom is 0.274 e. The van der Waals surface area contributed by atoms with Gasteiger partial charge >= 0.3 is 0 Å². The van der Waals surface area contributed by atoms with Gasteiger partial charge in [-0.1, -0.05) is 0 Å². The van der Waals surface area contributed by atoms with Crippen LogP contribution in [0.4, 0.5) is 11.5 Å². The lowest BCUT2D eigenvalue weighted by Crippen LogP contribution is -2.41. The van der Waals surface area contributed by atoms with E-state index in [1.165, 1.54) is 18.3 Å². The van der Waals surface area contributed by atoms with E-state index in [1.807, 2.05) is 13.8 Å². The lowest BCUT2D eigenvalue weighted by atomic mass is 10.2. The highest BCUT2D eigenvalue weighted by Crippen LogP contribution is 2.14. The van der Waals surface area contributed by atoms with Gasteiger partial charge in [0, 0.05) is 18.3 Å². The molecule has 7 nitrogen and oxygen atoms in total. The number of aromatic nitrogens is 1. The maximum absolute atomic E-state index is 11.6. The first-order valence-corrected chi connectivity index (χ1v) is 5.57. The average Bonchev–Trinajstić information content (AvgIpc) is 2.28. The Morgan fingerprint density at radius 3 is 2.67 bits per heavy atom. The van der Waals surface area contributed by atoms with Crippen molar-refractivity contribution in [3.63, 3.8) is 0 Å². The molecule has 0 spiro atoms. The van der Waals surface area contributed by atoms with Crippen LogP contribution in [0.25, 0.3) is 0 Å². The molecule has 2 N–H and O–H groups in total. The summed E-state index contributed by atoms with van der Waals surface area (Å²) >= 11 is 0. The van der Waals surface area contributed by atoms with Crippen molar-refractivity contribution in [2.24, 2.45) is 0 Å². The van der Waals surface area contributed by atoms with Gasteiger partial charge in [-0.05, 0) is 20.8 Å². The van der Waals surface area contributed by atoms with Crippen LogP contribution in [0.1, 0.15) is 20.8 Å². The monoisotopic (exact) mass is 252 g/mol. The van der Waals surface area contributed by atoms with Crippen molar-refractivity contribution in [3.05, 3.63) is 28.4 Å². The van der Waals surface area contributed by atoms with E-state index >= 15 is 0 Å². The van der Waals surface area contributed by atoms with Crippen LogP contribution < -0.4 is 10.6 Å². The molecule has 1 aromatic rings. The Bertz CT molecular complexity index is 448. The minimum atomic E-state index is -0.512. The van der Waals surface area contributed by atoms with Crippen LogP contribution in [-0.2, 0) is 4.79 Å². The molecular weight excluding hydrogens is 236 g/mol. The molecule has 0 radical (unpaired) electrons. The maximum atomic E-state index is 11.6. The number of nitro groups is 1. The zero-order chi connectivity index (χ0) is 13.7. The van der Waals surface area contributed by atoms with Gasteiger partial charge in [0.2, 0.25) is 5.91 Å². The Morgan fingerprint density at radius 1 is 1.44 bits per heavy atom. The number of pyridine rings is 1. The van der Waals surface area contributed by atoms with Crippen LogP contribution in [0.15, 0.2) is 18.3 Å². The highest BCUT2D eigenvalue weighted by Gasteiger charge is 2.15.